The highest BCUT2D eigenvalue weighted by Gasteiger charge is 2.08. The second-order valence-corrected chi connectivity index (χ2v) is 5.72. The van der Waals surface area contributed by atoms with Crippen molar-refractivity contribution in [2.45, 2.75) is 17.1 Å². The Kier molecular flexibility index (Phi) is 4.93. The molecule has 0 aliphatic heterocycles. The van der Waals surface area contributed by atoms with Crippen LogP contribution in [0.2, 0.25) is 0 Å². The van der Waals surface area contributed by atoms with Crippen LogP contribution in [0.1, 0.15) is 10.7 Å². The average Bonchev–Trinajstić information content (AvgIpc) is 2.84. The number of benzene rings is 1. The van der Waals surface area contributed by atoms with Crippen molar-refractivity contribution in [2.75, 3.05) is 7.11 Å². The predicted octanol–water partition coefficient (Wildman–Crippen LogP) is 3.29. The Morgan fingerprint density at radius 1 is 1.53 bits per heavy atom. The van der Waals surface area contributed by atoms with E-state index in [0.717, 1.165) is 9.90 Å². The summed E-state index contributed by atoms with van der Waals surface area (Å²) in [6, 6.07) is 6.45. The van der Waals surface area contributed by atoms with Crippen LogP contribution < -0.4 is 0 Å². The maximum atomic E-state index is 13.0. The van der Waals surface area contributed by atoms with Crippen molar-refractivity contribution in [1.82, 2.24) is 4.98 Å². The monoisotopic (exact) mass is 297 g/mol. The minimum Gasteiger partial charge on any atom is -0.469 e. The Labute approximate surface area is 118 Å². The van der Waals surface area contributed by atoms with Crippen molar-refractivity contribution < 1.29 is 13.9 Å². The maximum Gasteiger partial charge on any atom is 0.311 e. The van der Waals surface area contributed by atoms with E-state index in [1.165, 1.54) is 42.3 Å². The SMILES string of the molecule is COC(=O)Cc1csc(CSc2cccc(F)c2)n1. The third kappa shape index (κ3) is 4.33. The molecule has 100 valence electrons. The van der Waals surface area contributed by atoms with E-state index in [1.54, 1.807) is 6.07 Å². The molecule has 0 saturated carbocycles. The van der Waals surface area contributed by atoms with E-state index in [0.29, 0.717) is 11.4 Å². The second kappa shape index (κ2) is 6.68. The van der Waals surface area contributed by atoms with Gasteiger partial charge in [-0.15, -0.1) is 23.1 Å². The van der Waals surface area contributed by atoms with Crippen LogP contribution in [0.5, 0.6) is 0 Å². The van der Waals surface area contributed by atoms with Crippen molar-refractivity contribution in [3.8, 4) is 0 Å². The number of thioether (sulfide) groups is 1. The fraction of sp³-hybridized carbons (Fsp3) is 0.231. The van der Waals surface area contributed by atoms with E-state index in [9.17, 15) is 9.18 Å². The molecule has 1 heterocycles. The lowest BCUT2D eigenvalue weighted by Crippen LogP contribution is -2.04. The predicted molar refractivity (Wildman–Crippen MR) is 73.8 cm³/mol. The summed E-state index contributed by atoms with van der Waals surface area (Å²) in [5, 5.41) is 2.76. The molecule has 0 N–H and O–H groups in total. The van der Waals surface area contributed by atoms with Gasteiger partial charge < -0.3 is 4.74 Å². The molecular formula is C13H12FNO2S2. The van der Waals surface area contributed by atoms with Crippen molar-refractivity contribution >= 4 is 29.1 Å². The lowest BCUT2D eigenvalue weighted by Gasteiger charge is -1.99. The third-order valence-corrected chi connectivity index (χ3v) is 4.40. The first-order chi connectivity index (χ1) is 9.17. The molecule has 0 amide bonds. The van der Waals surface area contributed by atoms with Crippen LogP contribution >= 0.6 is 23.1 Å². The van der Waals surface area contributed by atoms with Gasteiger partial charge in [-0.2, -0.15) is 0 Å². The topological polar surface area (TPSA) is 39.2 Å². The number of aromatic nitrogens is 1. The number of thiazole rings is 1. The van der Waals surface area contributed by atoms with E-state index in [2.05, 4.69) is 9.72 Å². The summed E-state index contributed by atoms with van der Waals surface area (Å²) in [7, 11) is 1.36. The summed E-state index contributed by atoms with van der Waals surface area (Å²) in [5.74, 6) is 0.125. The smallest absolute Gasteiger partial charge is 0.311 e. The van der Waals surface area contributed by atoms with Gasteiger partial charge in [-0.3, -0.25) is 4.79 Å². The van der Waals surface area contributed by atoms with Crippen LogP contribution in [0, 0.1) is 5.82 Å². The quantitative estimate of drug-likeness (QED) is 0.627. The molecule has 3 nitrogen and oxygen atoms in total. The lowest BCUT2D eigenvalue weighted by molar-refractivity contribution is -0.139. The first-order valence-electron chi connectivity index (χ1n) is 5.56. The molecule has 6 heteroatoms. The van der Waals surface area contributed by atoms with E-state index in [4.69, 9.17) is 0 Å². The Bertz CT molecular complexity index is 571. The van der Waals surface area contributed by atoms with Gasteiger partial charge >= 0.3 is 5.97 Å². The molecule has 0 atom stereocenters. The third-order valence-electron chi connectivity index (χ3n) is 2.31. The molecule has 0 aliphatic rings. The summed E-state index contributed by atoms with van der Waals surface area (Å²) in [6.07, 6.45) is 0.192. The maximum absolute atomic E-state index is 13.0. The van der Waals surface area contributed by atoms with Gasteiger partial charge in [0, 0.05) is 10.3 Å². The highest BCUT2D eigenvalue weighted by molar-refractivity contribution is 7.98. The Hall–Kier alpha value is -1.40. The number of rotatable bonds is 5. The van der Waals surface area contributed by atoms with Gasteiger partial charge in [0.15, 0.2) is 0 Å². The molecule has 1 aromatic heterocycles. The zero-order valence-corrected chi connectivity index (χ0v) is 11.9. The highest BCUT2D eigenvalue weighted by Crippen LogP contribution is 2.25. The first-order valence-corrected chi connectivity index (χ1v) is 7.42. The molecule has 0 spiro atoms. The fourth-order valence-corrected chi connectivity index (χ4v) is 3.17. The Morgan fingerprint density at radius 2 is 2.37 bits per heavy atom. The molecule has 0 aliphatic carbocycles. The van der Waals surface area contributed by atoms with Gasteiger partial charge in [-0.25, -0.2) is 9.37 Å². The summed E-state index contributed by atoms with van der Waals surface area (Å²) in [4.78, 5) is 16.3. The lowest BCUT2D eigenvalue weighted by atomic mass is 10.3. The highest BCUT2D eigenvalue weighted by atomic mass is 32.2. The molecule has 0 radical (unpaired) electrons. The number of esters is 1. The van der Waals surface area contributed by atoms with Crippen LogP contribution in [0.15, 0.2) is 34.5 Å². The summed E-state index contributed by atoms with van der Waals surface area (Å²) in [6.45, 7) is 0. The van der Waals surface area contributed by atoms with Gasteiger partial charge in [0.05, 0.1) is 25.0 Å². The van der Waals surface area contributed by atoms with Gasteiger partial charge in [-0.1, -0.05) is 6.07 Å². The molecule has 0 bridgehead atoms. The molecule has 0 unspecified atom stereocenters. The average molecular weight is 297 g/mol. The number of hydrogen-bond acceptors (Lipinski definition) is 5. The summed E-state index contributed by atoms with van der Waals surface area (Å²) < 4.78 is 17.6. The van der Waals surface area contributed by atoms with Crippen LogP contribution in [0.3, 0.4) is 0 Å². The van der Waals surface area contributed by atoms with Crippen LogP contribution in [0.4, 0.5) is 4.39 Å². The molecule has 19 heavy (non-hydrogen) atoms. The molecule has 0 saturated heterocycles. The number of halogens is 1. The number of nitrogens with zero attached hydrogens (tertiary/aromatic N) is 1. The van der Waals surface area contributed by atoms with Crippen LogP contribution in [0.25, 0.3) is 0 Å². The first kappa shape index (κ1) is 14.0. The minimum atomic E-state index is -0.297. The van der Waals surface area contributed by atoms with E-state index < -0.39 is 0 Å². The number of carbonyl (C=O) groups excluding carboxylic acids is 1. The Morgan fingerprint density at radius 3 is 3.11 bits per heavy atom. The van der Waals surface area contributed by atoms with Crippen LogP contribution in [-0.2, 0) is 21.7 Å². The van der Waals surface area contributed by atoms with Gasteiger partial charge in [0.2, 0.25) is 0 Å². The number of methoxy groups -OCH3 is 1. The molecule has 1 aromatic carbocycles. The van der Waals surface area contributed by atoms with E-state index in [1.807, 2.05) is 11.4 Å². The fourth-order valence-electron chi connectivity index (χ4n) is 1.42. The molecular weight excluding hydrogens is 285 g/mol. The largest absolute Gasteiger partial charge is 0.469 e. The number of carbonyl (C=O) groups is 1. The summed E-state index contributed by atoms with van der Waals surface area (Å²) in [5.41, 5.74) is 0.715. The number of ether oxygens (including phenoxy) is 1. The zero-order chi connectivity index (χ0) is 13.7. The van der Waals surface area contributed by atoms with Gasteiger partial charge in [0.1, 0.15) is 10.8 Å². The standard InChI is InChI=1S/C13H12FNO2S2/c1-17-13(16)6-10-7-19-12(15-10)8-18-11-4-2-3-9(14)5-11/h2-5,7H,6,8H2,1H3. The normalized spacial score (nSPS) is 10.4. The van der Waals surface area contributed by atoms with E-state index in [-0.39, 0.29) is 18.2 Å². The van der Waals surface area contributed by atoms with Crippen molar-refractivity contribution in [3.63, 3.8) is 0 Å². The second-order valence-electron chi connectivity index (χ2n) is 3.73. The van der Waals surface area contributed by atoms with Gasteiger partial charge in [-0.05, 0) is 18.2 Å². The van der Waals surface area contributed by atoms with Crippen molar-refractivity contribution in [3.05, 3.63) is 46.2 Å². The molecule has 0 fully saturated rings. The molecule has 2 aromatic rings. The molecule has 2 rings (SSSR count). The summed E-state index contributed by atoms with van der Waals surface area (Å²) >= 11 is 3.01. The zero-order valence-electron chi connectivity index (χ0n) is 10.3. The van der Waals surface area contributed by atoms with Crippen molar-refractivity contribution in [1.29, 1.82) is 0 Å². The Balaban J connectivity index is 1.91. The van der Waals surface area contributed by atoms with Gasteiger partial charge in [0.25, 0.3) is 0 Å². The van der Waals surface area contributed by atoms with E-state index >= 15 is 0 Å². The van der Waals surface area contributed by atoms with Crippen LogP contribution in [-0.4, -0.2) is 18.1 Å². The minimum absolute atomic E-state index is 0.192. The van der Waals surface area contributed by atoms with Crippen molar-refractivity contribution in [2.24, 2.45) is 0 Å². The number of hydrogen-bond donors (Lipinski definition) is 0.